The van der Waals surface area contributed by atoms with Crippen molar-refractivity contribution < 1.29 is 14.3 Å². The van der Waals surface area contributed by atoms with Crippen LogP contribution in [0.4, 0.5) is 0 Å². The number of amides is 2. The molecule has 2 amide bonds. The summed E-state index contributed by atoms with van der Waals surface area (Å²) in [6.45, 7) is 4.33. The van der Waals surface area contributed by atoms with E-state index in [9.17, 15) is 9.59 Å². The highest BCUT2D eigenvalue weighted by Gasteiger charge is 2.35. The Hall–Kier alpha value is -3.40. The average molecular weight is 371 g/mol. The first kappa shape index (κ1) is 18.0. The Balaban J connectivity index is 1.77. The Labute approximate surface area is 164 Å². The summed E-state index contributed by atoms with van der Waals surface area (Å²) < 4.78 is 5.36. The molecule has 1 aliphatic rings. The number of hydrogen-bond acceptors (Lipinski definition) is 3. The van der Waals surface area contributed by atoms with Crippen LogP contribution in [-0.4, -0.2) is 23.8 Å². The monoisotopic (exact) mass is 371 g/mol. The van der Waals surface area contributed by atoms with Crippen molar-refractivity contribution in [1.29, 1.82) is 0 Å². The number of benzene rings is 3. The van der Waals surface area contributed by atoms with Crippen molar-refractivity contribution >= 4 is 11.8 Å². The molecule has 28 heavy (non-hydrogen) atoms. The predicted molar refractivity (Wildman–Crippen MR) is 109 cm³/mol. The van der Waals surface area contributed by atoms with Gasteiger partial charge in [0.2, 0.25) is 0 Å². The van der Waals surface area contributed by atoms with Gasteiger partial charge in [-0.1, -0.05) is 36.4 Å². The fourth-order valence-electron chi connectivity index (χ4n) is 3.62. The number of nitrogens with zero attached hydrogens (tertiary/aromatic N) is 1. The maximum Gasteiger partial charge on any atom is 0.261 e. The number of imide groups is 1. The predicted octanol–water partition coefficient (Wildman–Crippen LogP) is 4.78. The van der Waals surface area contributed by atoms with Crippen LogP contribution in [0.5, 0.6) is 5.75 Å². The third-order valence-electron chi connectivity index (χ3n) is 5.31. The van der Waals surface area contributed by atoms with Crippen LogP contribution in [0.1, 0.15) is 37.4 Å². The summed E-state index contributed by atoms with van der Waals surface area (Å²) in [5, 5.41) is 0. The van der Waals surface area contributed by atoms with E-state index in [0.29, 0.717) is 11.1 Å². The van der Waals surface area contributed by atoms with E-state index in [1.54, 1.807) is 31.4 Å². The first-order valence-corrected chi connectivity index (χ1v) is 9.19. The minimum Gasteiger partial charge on any atom is -0.497 e. The van der Waals surface area contributed by atoms with Crippen molar-refractivity contribution in [2.75, 3.05) is 7.11 Å². The fraction of sp³-hybridized carbons (Fsp3) is 0.167. The van der Waals surface area contributed by atoms with Gasteiger partial charge in [0.1, 0.15) is 5.75 Å². The number of carbonyl (C=O) groups excluding carboxylic acids is 2. The number of rotatable bonds is 4. The third kappa shape index (κ3) is 2.97. The highest BCUT2D eigenvalue weighted by molar-refractivity contribution is 6.21. The molecule has 0 N–H and O–H groups in total. The summed E-state index contributed by atoms with van der Waals surface area (Å²) in [6, 6.07) is 19.0. The molecule has 0 saturated heterocycles. The number of aryl methyl sites for hydroxylation is 2. The van der Waals surface area contributed by atoms with E-state index in [1.165, 1.54) is 4.90 Å². The van der Waals surface area contributed by atoms with Gasteiger partial charge in [-0.05, 0) is 65.9 Å². The van der Waals surface area contributed by atoms with Gasteiger partial charge < -0.3 is 4.74 Å². The van der Waals surface area contributed by atoms with Crippen LogP contribution in [0, 0.1) is 13.8 Å². The summed E-state index contributed by atoms with van der Waals surface area (Å²) >= 11 is 0. The van der Waals surface area contributed by atoms with E-state index in [4.69, 9.17) is 4.74 Å². The molecule has 0 atom stereocenters. The zero-order chi connectivity index (χ0) is 19.8. The first-order chi connectivity index (χ1) is 13.5. The Bertz CT molecular complexity index is 1070. The molecular formula is C24H21NO3. The van der Waals surface area contributed by atoms with Crippen molar-refractivity contribution in [3.63, 3.8) is 0 Å². The Kier molecular flexibility index (Phi) is 4.47. The molecule has 0 saturated carbocycles. The molecule has 0 unspecified atom stereocenters. The van der Waals surface area contributed by atoms with Crippen LogP contribution in [-0.2, 0) is 6.54 Å². The topological polar surface area (TPSA) is 46.6 Å². The summed E-state index contributed by atoms with van der Waals surface area (Å²) in [5.41, 5.74) is 6.15. The molecule has 0 radical (unpaired) electrons. The summed E-state index contributed by atoms with van der Waals surface area (Å²) in [6.07, 6.45) is 0. The van der Waals surface area contributed by atoms with Crippen LogP contribution in [0.15, 0.2) is 60.7 Å². The largest absolute Gasteiger partial charge is 0.497 e. The van der Waals surface area contributed by atoms with E-state index in [0.717, 1.165) is 33.6 Å². The Morgan fingerprint density at radius 3 is 2.07 bits per heavy atom. The molecule has 0 fully saturated rings. The zero-order valence-corrected chi connectivity index (χ0v) is 16.2. The number of fused-ring (bicyclic) bond motifs is 1. The van der Waals surface area contributed by atoms with Gasteiger partial charge in [0, 0.05) is 0 Å². The molecule has 4 nitrogen and oxygen atoms in total. The first-order valence-electron chi connectivity index (χ1n) is 9.19. The number of methoxy groups -OCH3 is 1. The lowest BCUT2D eigenvalue weighted by molar-refractivity contribution is 0.0642. The lowest BCUT2D eigenvalue weighted by Crippen LogP contribution is -2.29. The molecule has 0 bridgehead atoms. The van der Waals surface area contributed by atoms with Gasteiger partial charge in [-0.15, -0.1) is 0 Å². The van der Waals surface area contributed by atoms with E-state index in [-0.39, 0.29) is 18.4 Å². The molecule has 1 aliphatic heterocycles. The van der Waals surface area contributed by atoms with Gasteiger partial charge in [0.15, 0.2) is 0 Å². The highest BCUT2D eigenvalue weighted by atomic mass is 16.5. The van der Waals surface area contributed by atoms with Gasteiger partial charge in [0.25, 0.3) is 11.8 Å². The maximum atomic E-state index is 12.8. The number of carbonyl (C=O) groups is 2. The smallest absolute Gasteiger partial charge is 0.261 e. The van der Waals surface area contributed by atoms with Crippen molar-refractivity contribution in [1.82, 2.24) is 4.90 Å². The minimum atomic E-state index is -0.240. The van der Waals surface area contributed by atoms with Crippen LogP contribution < -0.4 is 4.74 Å². The molecule has 0 aromatic heterocycles. The second-order valence-corrected chi connectivity index (χ2v) is 7.07. The van der Waals surface area contributed by atoms with Crippen molar-refractivity contribution in [3.8, 4) is 16.9 Å². The lowest BCUT2D eigenvalue weighted by Gasteiger charge is -2.19. The fourth-order valence-corrected chi connectivity index (χ4v) is 3.62. The van der Waals surface area contributed by atoms with E-state index >= 15 is 0 Å². The Morgan fingerprint density at radius 1 is 0.786 bits per heavy atom. The number of ether oxygens (including phenoxy) is 1. The minimum absolute atomic E-state index is 0.236. The second-order valence-electron chi connectivity index (χ2n) is 7.07. The van der Waals surface area contributed by atoms with Crippen LogP contribution in [0.2, 0.25) is 0 Å². The molecule has 4 heteroatoms. The van der Waals surface area contributed by atoms with Gasteiger partial charge >= 0.3 is 0 Å². The molecule has 140 valence electrons. The van der Waals surface area contributed by atoms with Crippen molar-refractivity contribution in [3.05, 3.63) is 88.5 Å². The quantitative estimate of drug-likeness (QED) is 0.620. The normalized spacial score (nSPS) is 13.0. The third-order valence-corrected chi connectivity index (χ3v) is 5.31. The lowest BCUT2D eigenvalue weighted by atomic mass is 9.94. The maximum absolute atomic E-state index is 12.8. The van der Waals surface area contributed by atoms with Crippen LogP contribution in [0.25, 0.3) is 11.1 Å². The molecule has 3 aromatic carbocycles. The average Bonchev–Trinajstić information content (AvgIpc) is 2.95. The van der Waals surface area contributed by atoms with Gasteiger partial charge in [-0.3, -0.25) is 14.5 Å². The molecule has 0 spiro atoms. The van der Waals surface area contributed by atoms with E-state index in [1.807, 2.05) is 31.2 Å². The molecular weight excluding hydrogens is 350 g/mol. The standard InChI is InChI=1S/C24H21NO3/c1-15-11-18(14-25-23(26)20-9-4-5-10-21(20)24(25)27)22(12-16(15)2)17-7-6-8-19(13-17)28-3/h4-13H,14H2,1-3H3. The molecule has 1 heterocycles. The van der Waals surface area contributed by atoms with Crippen LogP contribution >= 0.6 is 0 Å². The second kappa shape index (κ2) is 6.97. The zero-order valence-electron chi connectivity index (χ0n) is 16.2. The summed E-state index contributed by atoms with van der Waals surface area (Å²) in [7, 11) is 1.64. The number of hydrogen-bond donors (Lipinski definition) is 0. The molecule has 4 rings (SSSR count). The van der Waals surface area contributed by atoms with Gasteiger partial charge in [-0.2, -0.15) is 0 Å². The molecule has 3 aromatic rings. The van der Waals surface area contributed by atoms with Crippen LogP contribution in [0.3, 0.4) is 0 Å². The van der Waals surface area contributed by atoms with Gasteiger partial charge in [0.05, 0.1) is 24.8 Å². The van der Waals surface area contributed by atoms with E-state index in [2.05, 4.69) is 19.1 Å². The molecule has 0 aliphatic carbocycles. The van der Waals surface area contributed by atoms with E-state index < -0.39 is 0 Å². The Morgan fingerprint density at radius 2 is 1.43 bits per heavy atom. The van der Waals surface area contributed by atoms with Crippen molar-refractivity contribution in [2.45, 2.75) is 20.4 Å². The van der Waals surface area contributed by atoms with Gasteiger partial charge in [-0.25, -0.2) is 0 Å². The van der Waals surface area contributed by atoms with Crippen molar-refractivity contribution in [2.24, 2.45) is 0 Å². The summed E-state index contributed by atoms with van der Waals surface area (Å²) in [5.74, 6) is 0.285. The SMILES string of the molecule is COc1cccc(-c2cc(C)c(C)cc2CN2C(=O)c3ccccc3C2=O)c1. The summed E-state index contributed by atoms with van der Waals surface area (Å²) in [4.78, 5) is 26.9. The highest BCUT2D eigenvalue weighted by Crippen LogP contribution is 2.32.